The number of nitrogens with two attached hydrogens (primary N) is 1. The van der Waals surface area contributed by atoms with Crippen LogP contribution in [0.25, 0.3) is 0 Å². The summed E-state index contributed by atoms with van der Waals surface area (Å²) in [4.78, 5) is 6.79. The second-order valence-electron chi connectivity index (χ2n) is 10.9. The highest BCUT2D eigenvalue weighted by molar-refractivity contribution is 5.80. The van der Waals surface area contributed by atoms with Crippen LogP contribution in [0.4, 0.5) is 5.69 Å². The van der Waals surface area contributed by atoms with Crippen LogP contribution in [0.3, 0.4) is 0 Å². The lowest BCUT2D eigenvalue weighted by Gasteiger charge is -2.30. The van der Waals surface area contributed by atoms with Gasteiger partial charge in [-0.3, -0.25) is 4.99 Å². The first-order valence-corrected chi connectivity index (χ1v) is 13.0. The second kappa shape index (κ2) is 10.9. The Bertz CT molecular complexity index is 1260. The number of nitrogens with zero attached hydrogens (tertiary/aromatic N) is 2. The molecular formula is C32H39N3O2. The van der Waals surface area contributed by atoms with Gasteiger partial charge in [-0.1, -0.05) is 75.4 Å². The number of benzene rings is 3. The van der Waals surface area contributed by atoms with E-state index in [1.807, 2.05) is 48.7 Å². The molecule has 3 aromatic rings. The zero-order valence-corrected chi connectivity index (χ0v) is 22.6. The molecule has 0 amide bonds. The summed E-state index contributed by atoms with van der Waals surface area (Å²) in [6.45, 7) is 12.1. The molecule has 0 radical (unpaired) electrons. The van der Waals surface area contributed by atoms with E-state index >= 15 is 0 Å². The monoisotopic (exact) mass is 497 g/mol. The minimum Gasteiger partial charge on any atom is -0.508 e. The fourth-order valence-corrected chi connectivity index (χ4v) is 5.13. The molecule has 0 aromatic heterocycles. The van der Waals surface area contributed by atoms with E-state index in [-0.39, 0.29) is 23.3 Å². The van der Waals surface area contributed by atoms with Gasteiger partial charge in [0.15, 0.2) is 0 Å². The Hall–Kier alpha value is -3.41. The molecule has 0 aliphatic carbocycles. The quantitative estimate of drug-likeness (QED) is 0.271. The Morgan fingerprint density at radius 3 is 2.41 bits per heavy atom. The molecule has 0 fully saturated rings. The highest BCUT2D eigenvalue weighted by Crippen LogP contribution is 2.50. The van der Waals surface area contributed by atoms with Crippen molar-refractivity contribution in [3.05, 3.63) is 107 Å². The van der Waals surface area contributed by atoms with Gasteiger partial charge in [-0.25, -0.2) is 0 Å². The number of fused-ring (bicyclic) bond motifs is 1. The molecule has 0 saturated heterocycles. The summed E-state index contributed by atoms with van der Waals surface area (Å²) in [6, 6.07) is 24.3. The molecule has 5 nitrogen and oxygen atoms in total. The normalized spacial score (nSPS) is 19.5. The molecule has 194 valence electrons. The highest BCUT2D eigenvalue weighted by Gasteiger charge is 2.43. The Morgan fingerprint density at radius 2 is 1.76 bits per heavy atom. The predicted octanol–water partition coefficient (Wildman–Crippen LogP) is 6.62. The molecule has 0 bridgehead atoms. The fraction of sp³-hybridized carbons (Fsp3) is 0.344. The molecule has 5 heteroatoms. The van der Waals surface area contributed by atoms with Gasteiger partial charge in [0.1, 0.15) is 18.7 Å². The number of likely N-dealkylation sites (N-methyl/N-ethyl adjacent to an activating group) is 1. The van der Waals surface area contributed by atoms with Crippen molar-refractivity contribution >= 4 is 11.9 Å². The summed E-state index contributed by atoms with van der Waals surface area (Å²) in [5, 5.41) is 10.4. The topological polar surface area (TPSA) is 71.1 Å². The number of aromatic hydroxyl groups is 1. The average molecular weight is 498 g/mol. The first-order valence-electron chi connectivity index (χ1n) is 13.0. The van der Waals surface area contributed by atoms with Crippen molar-refractivity contribution in [3.8, 4) is 5.75 Å². The minimum atomic E-state index is -0.516. The maximum absolute atomic E-state index is 10.4. The van der Waals surface area contributed by atoms with E-state index in [1.54, 1.807) is 6.07 Å². The average Bonchev–Trinajstić information content (AvgIpc) is 3.10. The zero-order valence-electron chi connectivity index (χ0n) is 22.6. The Labute approximate surface area is 221 Å². The molecule has 3 N–H and O–H groups in total. The molecular weight excluding hydrogens is 458 g/mol. The van der Waals surface area contributed by atoms with E-state index in [2.05, 4.69) is 74.9 Å². The van der Waals surface area contributed by atoms with E-state index in [0.29, 0.717) is 0 Å². The maximum atomic E-state index is 10.4. The van der Waals surface area contributed by atoms with E-state index in [4.69, 9.17) is 10.5 Å². The first kappa shape index (κ1) is 26.6. The van der Waals surface area contributed by atoms with E-state index < -0.39 is 6.23 Å². The van der Waals surface area contributed by atoms with Crippen molar-refractivity contribution in [3.63, 3.8) is 0 Å². The summed E-state index contributed by atoms with van der Waals surface area (Å²) in [6.07, 6.45) is 4.17. The van der Waals surface area contributed by atoms with Gasteiger partial charge in [-0.15, -0.1) is 0 Å². The van der Waals surface area contributed by atoms with Gasteiger partial charge in [0.25, 0.3) is 0 Å². The number of phenols is 1. The molecule has 1 aliphatic heterocycles. The second-order valence-corrected chi connectivity index (χ2v) is 10.9. The van der Waals surface area contributed by atoms with Gasteiger partial charge in [0.05, 0.1) is 0 Å². The number of aliphatic imine (C=N–C) groups is 1. The third kappa shape index (κ3) is 5.79. The summed E-state index contributed by atoms with van der Waals surface area (Å²) < 4.78 is 5.71. The third-order valence-corrected chi connectivity index (χ3v) is 7.21. The van der Waals surface area contributed by atoms with Crippen LogP contribution in [-0.2, 0) is 22.0 Å². The van der Waals surface area contributed by atoms with Crippen LogP contribution in [0.1, 0.15) is 63.1 Å². The van der Waals surface area contributed by atoms with Gasteiger partial charge in [-0.2, -0.15) is 0 Å². The molecule has 0 saturated carbocycles. The molecule has 3 aromatic carbocycles. The van der Waals surface area contributed by atoms with E-state index in [0.717, 1.165) is 35.5 Å². The van der Waals surface area contributed by atoms with Gasteiger partial charge in [-0.05, 0) is 72.2 Å². The van der Waals surface area contributed by atoms with Gasteiger partial charge >= 0.3 is 0 Å². The minimum absolute atomic E-state index is 0.111. The number of ether oxygens (including phenoxy) is 1. The van der Waals surface area contributed by atoms with E-state index in [9.17, 15) is 5.11 Å². The maximum Gasteiger partial charge on any atom is 0.139 e. The number of hydrogen-bond acceptors (Lipinski definition) is 5. The van der Waals surface area contributed by atoms with Crippen molar-refractivity contribution in [2.24, 2.45) is 10.7 Å². The summed E-state index contributed by atoms with van der Waals surface area (Å²) >= 11 is 0. The number of hydrogen-bond donors (Lipinski definition) is 2. The molecule has 0 spiro atoms. The van der Waals surface area contributed by atoms with Crippen LogP contribution < -0.4 is 10.6 Å². The van der Waals surface area contributed by atoms with E-state index in [1.165, 1.54) is 11.1 Å². The number of rotatable bonds is 8. The van der Waals surface area contributed by atoms with Crippen molar-refractivity contribution in [1.29, 1.82) is 0 Å². The Morgan fingerprint density at radius 1 is 1.05 bits per heavy atom. The van der Waals surface area contributed by atoms with Crippen molar-refractivity contribution in [1.82, 2.24) is 0 Å². The molecule has 1 heterocycles. The fourth-order valence-electron chi connectivity index (χ4n) is 5.13. The van der Waals surface area contributed by atoms with Crippen LogP contribution in [0.2, 0.25) is 0 Å². The van der Waals surface area contributed by atoms with Crippen molar-refractivity contribution in [2.75, 3.05) is 18.2 Å². The van der Waals surface area contributed by atoms with Crippen LogP contribution in [-0.4, -0.2) is 24.6 Å². The summed E-state index contributed by atoms with van der Waals surface area (Å²) in [5.41, 5.74) is 12.8. The number of allylic oxidation sites excluding steroid dienone is 2. The SMILES string of the molecule is CCN1/C(=C\C=N/COC(N)c2ccccc2)C(C)(Cc2ccc(C(C)(C)C)cc2)c2cc(O)ccc21. The zero-order chi connectivity index (χ0) is 26.6. The Kier molecular flexibility index (Phi) is 7.86. The largest absolute Gasteiger partial charge is 0.508 e. The third-order valence-electron chi connectivity index (χ3n) is 7.21. The molecule has 2 unspecified atom stereocenters. The summed E-state index contributed by atoms with van der Waals surface area (Å²) in [7, 11) is 0. The van der Waals surface area contributed by atoms with Crippen LogP contribution in [0.5, 0.6) is 5.75 Å². The van der Waals surface area contributed by atoms with Crippen molar-refractivity contribution in [2.45, 2.75) is 58.1 Å². The smallest absolute Gasteiger partial charge is 0.139 e. The standard InChI is InChI=1S/C32H39N3O2/c1-6-35-28-17-16-26(36)20-27(28)32(5,21-23-12-14-25(15-13-23)31(2,3)4)29(35)18-19-34-22-37-30(33)24-10-8-7-9-11-24/h7-20,30,36H,6,21-22,33H2,1-5H3/b29-18-,34-19-. The molecule has 37 heavy (non-hydrogen) atoms. The highest BCUT2D eigenvalue weighted by atomic mass is 16.5. The predicted molar refractivity (Wildman–Crippen MR) is 153 cm³/mol. The lowest BCUT2D eigenvalue weighted by molar-refractivity contribution is 0.0636. The lowest BCUT2D eigenvalue weighted by atomic mass is 9.76. The number of anilines is 1. The van der Waals surface area contributed by atoms with Crippen molar-refractivity contribution < 1.29 is 9.84 Å². The van der Waals surface area contributed by atoms with Crippen LogP contribution in [0, 0.1) is 0 Å². The van der Waals surface area contributed by atoms with Gasteiger partial charge < -0.3 is 20.5 Å². The summed E-state index contributed by atoms with van der Waals surface area (Å²) in [5.74, 6) is 0.280. The first-order chi connectivity index (χ1) is 17.6. The van der Waals surface area contributed by atoms with Gasteiger partial charge in [0, 0.05) is 29.6 Å². The lowest BCUT2D eigenvalue weighted by Crippen LogP contribution is -2.30. The van der Waals surface area contributed by atoms with Crippen LogP contribution >= 0.6 is 0 Å². The van der Waals surface area contributed by atoms with Crippen LogP contribution in [0.15, 0.2) is 89.6 Å². The Balaban J connectivity index is 1.60. The molecule has 4 rings (SSSR count). The molecule has 1 aliphatic rings. The molecule has 2 atom stereocenters. The van der Waals surface area contributed by atoms with Gasteiger partial charge in [0.2, 0.25) is 0 Å². The number of phenolic OH excluding ortho intramolecular Hbond substituents is 1.